The summed E-state index contributed by atoms with van der Waals surface area (Å²) in [6.07, 6.45) is 60.8. The Morgan fingerprint density at radius 1 is 0.368 bits per heavy atom. The second kappa shape index (κ2) is 44.5. The van der Waals surface area contributed by atoms with E-state index in [1.165, 1.54) is 0 Å². The molecule has 0 aliphatic carbocycles. The average molecular weight is 787 g/mol. The first-order valence-corrected chi connectivity index (χ1v) is 22.0. The normalized spacial score (nSPS) is 13.2. The highest BCUT2D eigenvalue weighted by atomic mass is 16.6. The van der Waals surface area contributed by atoms with E-state index >= 15 is 0 Å². The van der Waals surface area contributed by atoms with Crippen LogP contribution in [-0.4, -0.2) is 37.2 Å². The molecule has 0 heterocycles. The maximum Gasteiger partial charge on any atom is 0.306 e. The van der Waals surface area contributed by atoms with Crippen molar-refractivity contribution in [3.8, 4) is 0 Å². The van der Waals surface area contributed by atoms with Gasteiger partial charge in [-0.05, 0) is 96.3 Å². The Kier molecular flexibility index (Phi) is 41.3. The SMILES string of the molecule is CC/C=C\C/C=C\C/C=C\C/C=C\C/C=C\C/C=C\CCC(=O)OCC(COC(=O)CCCCCCC)OC(=O)CCCC/C=C\C/C=C\C/C=C\C/C=C\CC. The van der Waals surface area contributed by atoms with Crippen molar-refractivity contribution in [1.82, 2.24) is 0 Å². The van der Waals surface area contributed by atoms with Crippen molar-refractivity contribution in [2.45, 2.75) is 168 Å². The number of hydrogen-bond acceptors (Lipinski definition) is 6. The Labute approximate surface area is 348 Å². The number of esters is 3. The van der Waals surface area contributed by atoms with Gasteiger partial charge in [0.15, 0.2) is 6.10 Å². The monoisotopic (exact) mass is 787 g/mol. The van der Waals surface area contributed by atoms with E-state index < -0.39 is 6.10 Å². The van der Waals surface area contributed by atoms with E-state index in [4.69, 9.17) is 14.2 Å². The van der Waals surface area contributed by atoms with Crippen LogP contribution < -0.4 is 0 Å². The molecule has 0 aromatic rings. The number of rotatable bonds is 37. The molecule has 0 N–H and O–H groups in total. The summed E-state index contributed by atoms with van der Waals surface area (Å²) in [6, 6.07) is 0. The second-order valence-electron chi connectivity index (χ2n) is 13.8. The first-order chi connectivity index (χ1) is 28.0. The molecule has 0 rings (SSSR count). The molecule has 0 aliphatic rings. The maximum absolute atomic E-state index is 12.6. The van der Waals surface area contributed by atoms with E-state index in [1.807, 2.05) is 12.2 Å². The number of ether oxygens (including phenoxy) is 3. The second-order valence-corrected chi connectivity index (χ2v) is 13.8. The molecule has 0 saturated carbocycles. The van der Waals surface area contributed by atoms with Crippen LogP contribution >= 0.6 is 0 Å². The van der Waals surface area contributed by atoms with Crippen LogP contribution in [-0.2, 0) is 28.6 Å². The van der Waals surface area contributed by atoms with Gasteiger partial charge in [0, 0.05) is 19.3 Å². The topological polar surface area (TPSA) is 78.9 Å². The van der Waals surface area contributed by atoms with E-state index in [0.717, 1.165) is 109 Å². The van der Waals surface area contributed by atoms with Gasteiger partial charge >= 0.3 is 17.9 Å². The molecule has 0 radical (unpaired) electrons. The molecule has 0 saturated heterocycles. The highest BCUT2D eigenvalue weighted by Gasteiger charge is 2.19. The van der Waals surface area contributed by atoms with Crippen LogP contribution in [0.3, 0.4) is 0 Å². The molecule has 6 nitrogen and oxygen atoms in total. The van der Waals surface area contributed by atoms with Crippen LogP contribution in [0.15, 0.2) is 122 Å². The van der Waals surface area contributed by atoms with Gasteiger partial charge in [-0.2, -0.15) is 0 Å². The molecular weight excluding hydrogens is 709 g/mol. The average Bonchev–Trinajstić information content (AvgIpc) is 3.21. The zero-order valence-corrected chi connectivity index (χ0v) is 36.0. The number of allylic oxidation sites excluding steroid dienone is 20. The standard InChI is InChI=1S/C51H78O6/c1-4-7-10-13-15-17-19-21-23-24-25-26-28-29-31-33-35-38-41-44-50(53)56-47-48(46-55-49(52)43-40-37-12-9-6-3)57-51(54)45-42-39-36-34-32-30-27-22-20-18-16-14-11-8-5-2/h7-8,10-11,15-18,21-23,25-27,29,31-32,34-35,38,48H,4-6,9,12-14,19-20,24,28,30,33,36-37,39-47H2,1-3H3/b10-7-,11-8-,17-15-,18-16-,23-21-,26-25-,27-22-,31-29-,34-32-,38-35-. The lowest BCUT2D eigenvalue weighted by atomic mass is 10.1. The van der Waals surface area contributed by atoms with Gasteiger partial charge < -0.3 is 14.2 Å². The zero-order valence-electron chi connectivity index (χ0n) is 36.0. The Bertz CT molecular complexity index is 1270. The predicted molar refractivity (Wildman–Crippen MR) is 242 cm³/mol. The molecule has 0 spiro atoms. The summed E-state index contributed by atoms with van der Waals surface area (Å²) < 4.78 is 16.5. The molecule has 0 aromatic heterocycles. The molecule has 0 fully saturated rings. The van der Waals surface area contributed by atoms with Crippen LogP contribution in [0.5, 0.6) is 0 Å². The quantitative estimate of drug-likeness (QED) is 0.0270. The zero-order chi connectivity index (χ0) is 41.5. The molecule has 0 bridgehead atoms. The van der Waals surface area contributed by atoms with Crippen LogP contribution in [0.25, 0.3) is 0 Å². The van der Waals surface area contributed by atoms with Gasteiger partial charge in [-0.15, -0.1) is 0 Å². The highest BCUT2D eigenvalue weighted by Crippen LogP contribution is 2.09. The summed E-state index contributed by atoms with van der Waals surface area (Å²) in [5.74, 6) is -1.08. The van der Waals surface area contributed by atoms with Crippen LogP contribution in [0.2, 0.25) is 0 Å². The first-order valence-electron chi connectivity index (χ1n) is 22.0. The van der Waals surface area contributed by atoms with E-state index in [0.29, 0.717) is 19.3 Å². The molecule has 1 atom stereocenters. The highest BCUT2D eigenvalue weighted by molar-refractivity contribution is 5.71. The molecule has 57 heavy (non-hydrogen) atoms. The van der Waals surface area contributed by atoms with E-state index in [-0.39, 0.29) is 44.0 Å². The fourth-order valence-electron chi connectivity index (χ4n) is 5.22. The van der Waals surface area contributed by atoms with Crippen molar-refractivity contribution in [3.63, 3.8) is 0 Å². The van der Waals surface area contributed by atoms with Crippen molar-refractivity contribution in [1.29, 1.82) is 0 Å². The lowest BCUT2D eigenvalue weighted by Crippen LogP contribution is -2.30. The minimum Gasteiger partial charge on any atom is -0.462 e. The van der Waals surface area contributed by atoms with Gasteiger partial charge in [0.1, 0.15) is 13.2 Å². The fourth-order valence-corrected chi connectivity index (χ4v) is 5.22. The molecule has 0 aliphatic heterocycles. The third kappa shape index (κ3) is 42.8. The molecular formula is C51H78O6. The van der Waals surface area contributed by atoms with Crippen molar-refractivity contribution in [2.24, 2.45) is 0 Å². The van der Waals surface area contributed by atoms with Crippen molar-refractivity contribution in [2.75, 3.05) is 13.2 Å². The third-order valence-electron chi connectivity index (χ3n) is 8.48. The number of carbonyl (C=O) groups excluding carboxylic acids is 3. The van der Waals surface area contributed by atoms with Gasteiger partial charge in [0.2, 0.25) is 0 Å². The molecule has 0 amide bonds. The summed E-state index contributed by atoms with van der Waals surface area (Å²) in [7, 11) is 0. The summed E-state index contributed by atoms with van der Waals surface area (Å²) in [6.45, 7) is 6.17. The summed E-state index contributed by atoms with van der Waals surface area (Å²) in [5, 5.41) is 0. The lowest BCUT2D eigenvalue weighted by molar-refractivity contribution is -0.166. The van der Waals surface area contributed by atoms with Gasteiger partial charge in [-0.25, -0.2) is 0 Å². The molecule has 1 unspecified atom stereocenters. The molecule has 0 aromatic carbocycles. The van der Waals surface area contributed by atoms with Gasteiger partial charge in [-0.3, -0.25) is 14.4 Å². The van der Waals surface area contributed by atoms with Crippen LogP contribution in [0.4, 0.5) is 0 Å². The number of carbonyl (C=O) groups is 3. The fraction of sp³-hybridized carbons (Fsp3) is 0.549. The Morgan fingerprint density at radius 2 is 0.719 bits per heavy atom. The summed E-state index contributed by atoms with van der Waals surface area (Å²) in [5.41, 5.74) is 0. The minimum atomic E-state index is -0.828. The smallest absolute Gasteiger partial charge is 0.306 e. The van der Waals surface area contributed by atoms with Gasteiger partial charge in [0.25, 0.3) is 0 Å². The number of unbranched alkanes of at least 4 members (excludes halogenated alkanes) is 6. The van der Waals surface area contributed by atoms with E-state index in [2.05, 4.69) is 130 Å². The Balaban J connectivity index is 4.46. The molecule has 318 valence electrons. The van der Waals surface area contributed by atoms with Crippen LogP contribution in [0, 0.1) is 0 Å². The predicted octanol–water partition coefficient (Wildman–Crippen LogP) is 14.2. The van der Waals surface area contributed by atoms with Crippen molar-refractivity contribution in [3.05, 3.63) is 122 Å². The largest absolute Gasteiger partial charge is 0.462 e. The Morgan fingerprint density at radius 3 is 1.16 bits per heavy atom. The van der Waals surface area contributed by atoms with Gasteiger partial charge in [0.05, 0.1) is 0 Å². The summed E-state index contributed by atoms with van der Waals surface area (Å²) in [4.78, 5) is 37.4. The lowest BCUT2D eigenvalue weighted by Gasteiger charge is -2.18. The summed E-state index contributed by atoms with van der Waals surface area (Å²) >= 11 is 0. The number of hydrogen-bond donors (Lipinski definition) is 0. The van der Waals surface area contributed by atoms with Crippen molar-refractivity contribution < 1.29 is 28.6 Å². The van der Waals surface area contributed by atoms with E-state index in [9.17, 15) is 14.4 Å². The minimum absolute atomic E-state index is 0.123. The van der Waals surface area contributed by atoms with E-state index in [1.54, 1.807) is 0 Å². The maximum atomic E-state index is 12.6. The third-order valence-corrected chi connectivity index (χ3v) is 8.48. The first kappa shape index (κ1) is 52.8. The van der Waals surface area contributed by atoms with Gasteiger partial charge in [-0.1, -0.05) is 168 Å². The van der Waals surface area contributed by atoms with Crippen LogP contribution in [0.1, 0.15) is 162 Å². The Hall–Kier alpha value is -4.19. The molecule has 6 heteroatoms. The van der Waals surface area contributed by atoms with Crippen molar-refractivity contribution >= 4 is 17.9 Å².